The molecule has 0 saturated carbocycles. The fraction of sp³-hybridized carbons (Fsp3) is 0.556. The fourth-order valence-corrected chi connectivity index (χ4v) is 1.63. The van der Waals surface area contributed by atoms with Crippen molar-refractivity contribution in [2.24, 2.45) is 0 Å². The maximum atomic E-state index is 11.5. The second-order valence-electron chi connectivity index (χ2n) is 3.32. The zero-order valence-corrected chi connectivity index (χ0v) is 7.41. The number of Topliss-reactive ketones (excluding diaryl/α,β-unsaturated/α-hetero) is 1. The molecule has 0 radical (unpaired) electrons. The van der Waals surface area contributed by atoms with Crippen LogP contribution in [-0.4, -0.2) is 16.0 Å². The van der Waals surface area contributed by atoms with Gasteiger partial charge in [-0.15, -0.1) is 0 Å². The van der Waals surface area contributed by atoms with Crippen LogP contribution >= 0.6 is 0 Å². The summed E-state index contributed by atoms with van der Waals surface area (Å²) in [6.45, 7) is 1.58. The summed E-state index contributed by atoms with van der Waals surface area (Å²) in [6, 6.07) is 0. The maximum absolute atomic E-state index is 11.5. The molecule has 1 aliphatic rings. The van der Waals surface area contributed by atoms with Crippen LogP contribution in [-0.2, 0) is 6.42 Å². The number of hydrogen-bond donors (Lipinski definition) is 1. The van der Waals surface area contributed by atoms with E-state index < -0.39 is 6.10 Å². The number of carbonyl (C=O) groups excluding carboxylic acids is 1. The Labute approximate surface area is 75.5 Å². The zero-order valence-electron chi connectivity index (χ0n) is 7.41. The highest BCUT2D eigenvalue weighted by Crippen LogP contribution is 2.27. The molecule has 4 heteroatoms. The second kappa shape index (κ2) is 2.96. The number of nitrogens with zero attached hydrogens (tertiary/aromatic N) is 1. The van der Waals surface area contributed by atoms with E-state index in [1.54, 1.807) is 6.92 Å². The van der Waals surface area contributed by atoms with Gasteiger partial charge < -0.3 is 9.63 Å². The standard InChI is InChI=1S/C9H11NO3/c1-5(11)9-8-6(12)3-2-4-7(8)13-10-9/h5,11H,2-4H2,1H3/t5-/m1/s1. The lowest BCUT2D eigenvalue weighted by Gasteiger charge is -2.08. The maximum Gasteiger partial charge on any atom is 0.168 e. The summed E-state index contributed by atoms with van der Waals surface area (Å²) in [7, 11) is 0. The molecule has 0 saturated heterocycles. The molecule has 1 aromatic rings. The Kier molecular flexibility index (Phi) is 1.92. The molecule has 1 atom stereocenters. The van der Waals surface area contributed by atoms with E-state index in [4.69, 9.17) is 4.52 Å². The molecule has 2 rings (SSSR count). The van der Waals surface area contributed by atoms with Crippen LogP contribution in [0.3, 0.4) is 0 Å². The smallest absolute Gasteiger partial charge is 0.168 e. The lowest BCUT2D eigenvalue weighted by Crippen LogP contribution is -2.11. The summed E-state index contributed by atoms with van der Waals surface area (Å²) in [5, 5.41) is 13.0. The predicted molar refractivity (Wildman–Crippen MR) is 44.4 cm³/mol. The Hall–Kier alpha value is -1.16. The van der Waals surface area contributed by atoms with E-state index in [1.165, 1.54) is 0 Å². The minimum atomic E-state index is -0.727. The van der Waals surface area contributed by atoms with Gasteiger partial charge in [-0.25, -0.2) is 0 Å². The van der Waals surface area contributed by atoms with Crippen LogP contribution in [0.4, 0.5) is 0 Å². The summed E-state index contributed by atoms with van der Waals surface area (Å²) in [5.74, 6) is 0.672. The number of ketones is 1. The number of aliphatic hydroxyl groups excluding tert-OH is 1. The predicted octanol–water partition coefficient (Wildman–Crippen LogP) is 1.25. The molecular formula is C9H11NO3. The molecule has 1 N–H and O–H groups in total. The number of aromatic nitrogens is 1. The molecule has 0 bridgehead atoms. The van der Waals surface area contributed by atoms with Gasteiger partial charge in [0, 0.05) is 12.8 Å². The monoisotopic (exact) mass is 181 g/mol. The molecule has 0 unspecified atom stereocenters. The summed E-state index contributed by atoms with van der Waals surface area (Å²) >= 11 is 0. The first-order chi connectivity index (χ1) is 6.20. The number of hydrogen-bond acceptors (Lipinski definition) is 4. The molecule has 0 spiro atoms. The molecule has 0 aliphatic heterocycles. The number of carbonyl (C=O) groups is 1. The first-order valence-electron chi connectivity index (χ1n) is 4.40. The topological polar surface area (TPSA) is 63.3 Å². The van der Waals surface area contributed by atoms with E-state index in [-0.39, 0.29) is 5.78 Å². The largest absolute Gasteiger partial charge is 0.387 e. The van der Waals surface area contributed by atoms with E-state index in [9.17, 15) is 9.90 Å². The van der Waals surface area contributed by atoms with Gasteiger partial charge in [-0.2, -0.15) is 0 Å². The Morgan fingerprint density at radius 3 is 3.00 bits per heavy atom. The minimum Gasteiger partial charge on any atom is -0.387 e. The molecule has 0 amide bonds. The summed E-state index contributed by atoms with van der Waals surface area (Å²) in [6.07, 6.45) is 1.38. The molecule has 70 valence electrons. The van der Waals surface area contributed by atoms with E-state index in [2.05, 4.69) is 5.16 Å². The van der Waals surface area contributed by atoms with E-state index in [0.717, 1.165) is 12.8 Å². The van der Waals surface area contributed by atoms with E-state index in [0.29, 0.717) is 23.4 Å². The molecule has 1 heterocycles. The van der Waals surface area contributed by atoms with Gasteiger partial charge in [0.1, 0.15) is 11.5 Å². The minimum absolute atomic E-state index is 0.0402. The van der Waals surface area contributed by atoms with Gasteiger partial charge in [-0.3, -0.25) is 4.79 Å². The van der Waals surface area contributed by atoms with Gasteiger partial charge in [0.25, 0.3) is 0 Å². The van der Waals surface area contributed by atoms with Crippen molar-refractivity contribution in [2.45, 2.75) is 32.3 Å². The van der Waals surface area contributed by atoms with Crippen LogP contribution < -0.4 is 0 Å². The average Bonchev–Trinajstić information content (AvgIpc) is 2.49. The van der Waals surface area contributed by atoms with Crippen LogP contribution in [0.1, 0.15) is 47.7 Å². The number of rotatable bonds is 1. The first kappa shape index (κ1) is 8.44. The number of fused-ring (bicyclic) bond motifs is 1. The lowest BCUT2D eigenvalue weighted by molar-refractivity contribution is 0.0964. The van der Waals surface area contributed by atoms with Crippen LogP contribution in [0.25, 0.3) is 0 Å². The number of aryl methyl sites for hydroxylation is 1. The Morgan fingerprint density at radius 2 is 2.31 bits per heavy atom. The highest BCUT2D eigenvalue weighted by Gasteiger charge is 2.27. The Bertz CT molecular complexity index is 341. The number of aliphatic hydroxyl groups is 1. The quantitative estimate of drug-likeness (QED) is 0.708. The third kappa shape index (κ3) is 1.27. The summed E-state index contributed by atoms with van der Waals surface area (Å²) < 4.78 is 4.99. The van der Waals surface area contributed by atoms with Crippen molar-refractivity contribution in [1.82, 2.24) is 5.16 Å². The summed E-state index contributed by atoms with van der Waals surface area (Å²) in [5.41, 5.74) is 0.904. The average molecular weight is 181 g/mol. The van der Waals surface area contributed by atoms with Crippen molar-refractivity contribution in [3.8, 4) is 0 Å². The molecule has 1 aromatic heterocycles. The molecule has 13 heavy (non-hydrogen) atoms. The van der Waals surface area contributed by atoms with Crippen molar-refractivity contribution >= 4 is 5.78 Å². The van der Waals surface area contributed by atoms with Gasteiger partial charge in [0.2, 0.25) is 0 Å². The molecule has 4 nitrogen and oxygen atoms in total. The third-order valence-corrected chi connectivity index (χ3v) is 2.27. The van der Waals surface area contributed by atoms with Gasteiger partial charge >= 0.3 is 0 Å². The highest BCUT2D eigenvalue weighted by molar-refractivity contribution is 5.98. The van der Waals surface area contributed by atoms with Crippen LogP contribution in [0.5, 0.6) is 0 Å². The molecule has 1 aliphatic carbocycles. The van der Waals surface area contributed by atoms with Crippen molar-refractivity contribution in [3.05, 3.63) is 17.0 Å². The van der Waals surface area contributed by atoms with Crippen molar-refractivity contribution in [3.63, 3.8) is 0 Å². The van der Waals surface area contributed by atoms with Gasteiger partial charge in [0.05, 0.1) is 11.7 Å². The van der Waals surface area contributed by atoms with E-state index >= 15 is 0 Å². The third-order valence-electron chi connectivity index (χ3n) is 2.27. The Morgan fingerprint density at radius 1 is 1.54 bits per heavy atom. The van der Waals surface area contributed by atoms with Crippen LogP contribution in [0, 0.1) is 0 Å². The van der Waals surface area contributed by atoms with Crippen molar-refractivity contribution in [1.29, 1.82) is 0 Å². The van der Waals surface area contributed by atoms with E-state index in [1.807, 2.05) is 0 Å². The van der Waals surface area contributed by atoms with Crippen molar-refractivity contribution < 1.29 is 14.4 Å². The Balaban J connectivity index is 2.50. The second-order valence-corrected chi connectivity index (χ2v) is 3.32. The fourth-order valence-electron chi connectivity index (χ4n) is 1.63. The first-order valence-corrected chi connectivity index (χ1v) is 4.40. The zero-order chi connectivity index (χ0) is 9.42. The normalized spacial score (nSPS) is 18.5. The molecule has 0 aromatic carbocycles. The molecule has 0 fully saturated rings. The van der Waals surface area contributed by atoms with Crippen LogP contribution in [0.15, 0.2) is 4.52 Å². The van der Waals surface area contributed by atoms with Crippen molar-refractivity contribution in [2.75, 3.05) is 0 Å². The summed E-state index contributed by atoms with van der Waals surface area (Å²) in [4.78, 5) is 11.5. The van der Waals surface area contributed by atoms with Gasteiger partial charge in [-0.05, 0) is 13.3 Å². The van der Waals surface area contributed by atoms with Gasteiger partial charge in [-0.1, -0.05) is 5.16 Å². The van der Waals surface area contributed by atoms with Gasteiger partial charge in [0.15, 0.2) is 5.78 Å². The highest BCUT2D eigenvalue weighted by atomic mass is 16.5. The SMILES string of the molecule is C[C@@H](O)c1noc2c1C(=O)CCC2. The lowest BCUT2D eigenvalue weighted by atomic mass is 9.94. The molecular weight excluding hydrogens is 170 g/mol. The van der Waals surface area contributed by atoms with Crippen LogP contribution in [0.2, 0.25) is 0 Å².